The van der Waals surface area contributed by atoms with Crippen molar-refractivity contribution in [1.82, 2.24) is 14.5 Å². The van der Waals surface area contributed by atoms with Crippen LogP contribution in [0.4, 0.5) is 0 Å². The maximum absolute atomic E-state index is 13.1. The maximum Gasteiger partial charge on any atom is 0.295 e. The molecule has 1 amide bonds. The van der Waals surface area contributed by atoms with E-state index in [-0.39, 0.29) is 11.3 Å². The molecule has 6 heteroatoms. The SMILES string of the molecule is Cc1ccc(/C(O)=C2/C(=O)C(=O)N(CCCn3ccnc3)C2c2ccc(C(C)C)cc2)cc1. The van der Waals surface area contributed by atoms with E-state index in [1.54, 1.807) is 29.6 Å². The van der Waals surface area contributed by atoms with Crippen LogP contribution in [0.15, 0.2) is 72.8 Å². The lowest BCUT2D eigenvalue weighted by molar-refractivity contribution is -0.139. The van der Waals surface area contributed by atoms with Crippen LogP contribution >= 0.6 is 0 Å². The molecule has 1 fully saturated rings. The molecule has 1 N–H and O–H groups in total. The molecule has 0 radical (unpaired) electrons. The van der Waals surface area contributed by atoms with Crippen molar-refractivity contribution in [1.29, 1.82) is 0 Å². The molecule has 170 valence electrons. The Labute approximate surface area is 194 Å². The van der Waals surface area contributed by atoms with E-state index in [1.165, 1.54) is 5.56 Å². The van der Waals surface area contributed by atoms with Crippen LogP contribution in [-0.4, -0.2) is 37.8 Å². The first kappa shape index (κ1) is 22.5. The van der Waals surface area contributed by atoms with Gasteiger partial charge in [0.25, 0.3) is 11.7 Å². The quantitative estimate of drug-likeness (QED) is 0.322. The van der Waals surface area contributed by atoms with Gasteiger partial charge in [0.1, 0.15) is 5.76 Å². The van der Waals surface area contributed by atoms with Gasteiger partial charge in [0.05, 0.1) is 17.9 Å². The van der Waals surface area contributed by atoms with Crippen LogP contribution in [-0.2, 0) is 16.1 Å². The third-order valence-corrected chi connectivity index (χ3v) is 6.16. The number of carbonyl (C=O) groups excluding carboxylic acids is 2. The number of likely N-dealkylation sites (tertiary alicyclic amines) is 1. The van der Waals surface area contributed by atoms with E-state index in [0.717, 1.165) is 11.1 Å². The monoisotopic (exact) mass is 443 g/mol. The number of Topliss-reactive ketones (excluding diaryl/α,β-unsaturated/α-hetero) is 1. The van der Waals surface area contributed by atoms with Gasteiger partial charge in [-0.25, -0.2) is 4.98 Å². The van der Waals surface area contributed by atoms with Crippen LogP contribution in [0.25, 0.3) is 5.76 Å². The largest absolute Gasteiger partial charge is 0.507 e. The number of hydrogen-bond donors (Lipinski definition) is 1. The highest BCUT2D eigenvalue weighted by Gasteiger charge is 2.45. The summed E-state index contributed by atoms with van der Waals surface area (Å²) in [7, 11) is 0. The lowest BCUT2D eigenvalue weighted by Crippen LogP contribution is -2.31. The molecule has 2 heterocycles. The van der Waals surface area contributed by atoms with Crippen LogP contribution < -0.4 is 0 Å². The highest BCUT2D eigenvalue weighted by atomic mass is 16.3. The number of aromatic nitrogens is 2. The minimum atomic E-state index is -0.645. The molecule has 1 atom stereocenters. The summed E-state index contributed by atoms with van der Waals surface area (Å²) in [6.07, 6.45) is 5.97. The van der Waals surface area contributed by atoms with E-state index in [2.05, 4.69) is 18.8 Å². The third-order valence-electron chi connectivity index (χ3n) is 6.16. The van der Waals surface area contributed by atoms with Crippen molar-refractivity contribution in [3.8, 4) is 0 Å². The van der Waals surface area contributed by atoms with Gasteiger partial charge in [0, 0.05) is 31.0 Å². The number of aliphatic hydroxyl groups excluding tert-OH is 1. The number of carbonyl (C=O) groups is 2. The zero-order valence-corrected chi connectivity index (χ0v) is 19.2. The molecule has 3 aromatic rings. The summed E-state index contributed by atoms with van der Waals surface area (Å²) in [5.74, 6) is -0.989. The molecule has 0 saturated carbocycles. The Morgan fingerprint density at radius 3 is 2.33 bits per heavy atom. The molecule has 0 bridgehead atoms. The number of hydrogen-bond acceptors (Lipinski definition) is 4. The topological polar surface area (TPSA) is 75.4 Å². The first-order chi connectivity index (χ1) is 15.9. The zero-order valence-electron chi connectivity index (χ0n) is 19.2. The van der Waals surface area contributed by atoms with E-state index >= 15 is 0 Å². The van der Waals surface area contributed by atoms with E-state index < -0.39 is 17.7 Å². The lowest BCUT2D eigenvalue weighted by atomic mass is 9.93. The summed E-state index contributed by atoms with van der Waals surface area (Å²) in [5.41, 5.74) is 3.71. The standard InChI is InChI=1S/C27H29N3O3/c1-18(2)20-9-11-21(12-10-20)24-23(25(31)22-7-5-19(3)6-8-22)26(32)27(33)30(24)15-4-14-29-16-13-28-17-29/h5-13,16-18,24,31H,4,14-15H2,1-3H3/b25-23-. The summed E-state index contributed by atoms with van der Waals surface area (Å²) in [6, 6.07) is 14.6. The van der Waals surface area contributed by atoms with Gasteiger partial charge in [-0.2, -0.15) is 0 Å². The number of ketones is 1. The maximum atomic E-state index is 13.1. The number of imidazole rings is 1. The minimum absolute atomic E-state index is 0.136. The third kappa shape index (κ3) is 4.60. The molecular formula is C27H29N3O3. The summed E-state index contributed by atoms with van der Waals surface area (Å²) < 4.78 is 1.94. The Kier molecular flexibility index (Phi) is 6.45. The fraction of sp³-hybridized carbons (Fsp3) is 0.296. The van der Waals surface area contributed by atoms with E-state index in [1.807, 2.05) is 54.1 Å². The van der Waals surface area contributed by atoms with Gasteiger partial charge in [-0.3, -0.25) is 9.59 Å². The van der Waals surface area contributed by atoms with Crippen LogP contribution in [0.1, 0.15) is 54.5 Å². The molecule has 0 spiro atoms. The molecule has 33 heavy (non-hydrogen) atoms. The zero-order chi connectivity index (χ0) is 23.5. The normalized spacial score (nSPS) is 17.8. The van der Waals surface area contributed by atoms with Gasteiger partial charge in [-0.05, 0) is 30.4 Å². The van der Waals surface area contributed by atoms with Gasteiger partial charge in [0.15, 0.2) is 0 Å². The van der Waals surface area contributed by atoms with Gasteiger partial charge >= 0.3 is 0 Å². The average molecular weight is 444 g/mol. The number of benzene rings is 2. The number of rotatable bonds is 7. The second-order valence-electron chi connectivity index (χ2n) is 8.83. The van der Waals surface area contributed by atoms with Crippen molar-refractivity contribution in [2.24, 2.45) is 0 Å². The number of amides is 1. The van der Waals surface area contributed by atoms with Crippen molar-refractivity contribution < 1.29 is 14.7 Å². The molecule has 1 aliphatic rings. The van der Waals surface area contributed by atoms with Gasteiger partial charge < -0.3 is 14.6 Å². The van der Waals surface area contributed by atoms with Crippen LogP contribution in [0.3, 0.4) is 0 Å². The predicted molar refractivity (Wildman–Crippen MR) is 128 cm³/mol. The van der Waals surface area contributed by atoms with Crippen LogP contribution in [0, 0.1) is 6.92 Å². The van der Waals surface area contributed by atoms with Crippen molar-refractivity contribution in [3.63, 3.8) is 0 Å². The second kappa shape index (κ2) is 9.45. The highest BCUT2D eigenvalue weighted by Crippen LogP contribution is 2.39. The molecule has 1 saturated heterocycles. The van der Waals surface area contributed by atoms with Crippen molar-refractivity contribution in [2.75, 3.05) is 6.54 Å². The molecule has 1 aliphatic heterocycles. The molecule has 1 unspecified atom stereocenters. The Balaban J connectivity index is 1.73. The smallest absolute Gasteiger partial charge is 0.295 e. The Hall–Kier alpha value is -3.67. The van der Waals surface area contributed by atoms with E-state index in [9.17, 15) is 14.7 Å². The summed E-state index contributed by atoms with van der Waals surface area (Å²) in [5, 5.41) is 11.1. The fourth-order valence-corrected chi connectivity index (χ4v) is 4.23. The Morgan fingerprint density at radius 2 is 1.73 bits per heavy atom. The highest BCUT2D eigenvalue weighted by molar-refractivity contribution is 6.46. The van der Waals surface area contributed by atoms with Gasteiger partial charge in [0.2, 0.25) is 0 Å². The molecule has 4 rings (SSSR count). The molecule has 0 aliphatic carbocycles. The van der Waals surface area contributed by atoms with E-state index in [4.69, 9.17) is 0 Å². The minimum Gasteiger partial charge on any atom is -0.507 e. The summed E-state index contributed by atoms with van der Waals surface area (Å²) >= 11 is 0. The predicted octanol–water partition coefficient (Wildman–Crippen LogP) is 4.83. The number of aryl methyl sites for hydroxylation is 2. The first-order valence-electron chi connectivity index (χ1n) is 11.3. The summed E-state index contributed by atoms with van der Waals surface area (Å²) in [4.78, 5) is 31.8. The lowest BCUT2D eigenvalue weighted by Gasteiger charge is -2.25. The number of aliphatic hydroxyl groups is 1. The molecule has 6 nitrogen and oxygen atoms in total. The number of nitrogens with zero attached hydrogens (tertiary/aromatic N) is 3. The van der Waals surface area contributed by atoms with Gasteiger partial charge in [-0.1, -0.05) is 67.9 Å². The first-order valence-corrected chi connectivity index (χ1v) is 11.3. The van der Waals surface area contributed by atoms with Crippen molar-refractivity contribution >= 4 is 17.4 Å². The van der Waals surface area contributed by atoms with E-state index in [0.29, 0.717) is 31.0 Å². The summed E-state index contributed by atoms with van der Waals surface area (Å²) in [6.45, 7) is 7.27. The Morgan fingerprint density at radius 1 is 1.03 bits per heavy atom. The van der Waals surface area contributed by atoms with Crippen LogP contribution in [0.2, 0.25) is 0 Å². The second-order valence-corrected chi connectivity index (χ2v) is 8.83. The molecular weight excluding hydrogens is 414 g/mol. The van der Waals surface area contributed by atoms with Crippen molar-refractivity contribution in [2.45, 2.75) is 45.7 Å². The Bertz CT molecular complexity index is 1160. The molecule has 1 aromatic heterocycles. The average Bonchev–Trinajstić information content (AvgIpc) is 3.41. The fourth-order valence-electron chi connectivity index (χ4n) is 4.23. The van der Waals surface area contributed by atoms with Crippen LogP contribution in [0.5, 0.6) is 0 Å². The van der Waals surface area contributed by atoms with Gasteiger partial charge in [-0.15, -0.1) is 0 Å². The molecule has 2 aromatic carbocycles. The van der Waals surface area contributed by atoms with Crippen molar-refractivity contribution in [3.05, 3.63) is 95.1 Å².